The maximum absolute atomic E-state index is 14.1. The number of aromatic nitrogens is 2. The van der Waals surface area contributed by atoms with E-state index in [0.29, 0.717) is 5.69 Å². The lowest BCUT2D eigenvalue weighted by Crippen LogP contribution is -2.47. The van der Waals surface area contributed by atoms with Crippen molar-refractivity contribution in [3.05, 3.63) is 81.9 Å². The predicted molar refractivity (Wildman–Crippen MR) is 128 cm³/mol. The molecule has 174 valence electrons. The molecule has 1 saturated heterocycles. The van der Waals surface area contributed by atoms with Crippen molar-refractivity contribution >= 4 is 11.4 Å². The lowest BCUT2D eigenvalue weighted by atomic mass is 10.1. The molecule has 0 saturated carbocycles. The van der Waals surface area contributed by atoms with Gasteiger partial charge in [-0.2, -0.15) is 5.10 Å². The molecule has 1 fully saturated rings. The fourth-order valence-electron chi connectivity index (χ4n) is 4.37. The second-order valence-corrected chi connectivity index (χ2v) is 8.45. The molecule has 0 atom stereocenters. The highest BCUT2D eigenvalue weighted by atomic mass is 19.1. The van der Waals surface area contributed by atoms with Crippen LogP contribution in [0.5, 0.6) is 0 Å². The number of hydrogen-bond donors (Lipinski definition) is 0. The Kier molecular flexibility index (Phi) is 7.34. The van der Waals surface area contributed by atoms with Crippen molar-refractivity contribution in [1.29, 1.82) is 0 Å². The van der Waals surface area contributed by atoms with E-state index in [-0.39, 0.29) is 16.4 Å². The van der Waals surface area contributed by atoms with E-state index in [9.17, 15) is 14.5 Å². The third-order valence-corrected chi connectivity index (χ3v) is 6.12. The minimum Gasteiger partial charge on any atom is -0.367 e. The molecule has 8 heteroatoms. The molecule has 0 amide bonds. The minimum atomic E-state index is -0.387. The van der Waals surface area contributed by atoms with Crippen LogP contribution in [-0.4, -0.2) is 52.3 Å². The first-order valence-electron chi connectivity index (χ1n) is 11.6. The van der Waals surface area contributed by atoms with Crippen molar-refractivity contribution in [2.45, 2.75) is 32.6 Å². The van der Waals surface area contributed by atoms with Gasteiger partial charge in [-0.3, -0.25) is 15.0 Å². The zero-order chi connectivity index (χ0) is 23.2. The molecular weight excluding hydrogens is 421 g/mol. The molecule has 0 radical (unpaired) electrons. The number of nitro groups is 1. The summed E-state index contributed by atoms with van der Waals surface area (Å²) >= 11 is 0. The average molecular weight is 452 g/mol. The smallest absolute Gasteiger partial charge is 0.269 e. The molecule has 0 spiro atoms. The maximum atomic E-state index is 14.1. The Hall–Kier alpha value is -3.26. The Labute approximate surface area is 193 Å². The summed E-state index contributed by atoms with van der Waals surface area (Å²) in [5, 5.41) is 15.7. The fraction of sp³-hybridized carbons (Fsp3) is 0.400. The van der Waals surface area contributed by atoms with Gasteiger partial charge in [-0.1, -0.05) is 25.5 Å². The Balaban J connectivity index is 1.35. The second-order valence-electron chi connectivity index (χ2n) is 8.45. The number of benzene rings is 2. The normalized spacial score (nSPS) is 14.5. The van der Waals surface area contributed by atoms with Crippen LogP contribution in [-0.2, 0) is 12.8 Å². The molecule has 0 N–H and O–H groups in total. The first-order valence-corrected chi connectivity index (χ1v) is 11.6. The number of anilines is 1. The van der Waals surface area contributed by atoms with E-state index < -0.39 is 0 Å². The minimum absolute atomic E-state index is 0.0794. The van der Waals surface area contributed by atoms with Crippen LogP contribution in [0, 0.1) is 15.9 Å². The third-order valence-electron chi connectivity index (χ3n) is 6.12. The topological polar surface area (TPSA) is 67.4 Å². The van der Waals surface area contributed by atoms with Crippen molar-refractivity contribution in [3.8, 4) is 5.69 Å². The van der Waals surface area contributed by atoms with Gasteiger partial charge in [0.25, 0.3) is 5.69 Å². The van der Waals surface area contributed by atoms with Gasteiger partial charge in [0.15, 0.2) is 0 Å². The van der Waals surface area contributed by atoms with E-state index in [2.05, 4.69) is 22.8 Å². The standard InChI is InChI=1S/C25H30FN5O2/c1-2-6-20-19-23(30(27-20)21-10-12-22(13-11-21)31(32)33)7-5-14-28-15-17-29(18-16-28)25-9-4-3-8-24(25)26/h3-4,8-13,19H,2,5-7,14-18H2,1H3. The van der Waals surface area contributed by atoms with Gasteiger partial charge in [-0.05, 0) is 56.1 Å². The molecule has 0 aliphatic carbocycles. The van der Waals surface area contributed by atoms with Gasteiger partial charge in [-0.25, -0.2) is 9.07 Å². The fourth-order valence-corrected chi connectivity index (χ4v) is 4.37. The molecule has 1 aliphatic heterocycles. The molecule has 2 heterocycles. The van der Waals surface area contributed by atoms with Crippen LogP contribution >= 0.6 is 0 Å². The third kappa shape index (κ3) is 5.57. The van der Waals surface area contributed by atoms with Gasteiger partial charge in [-0.15, -0.1) is 0 Å². The number of halogens is 1. The van der Waals surface area contributed by atoms with Crippen molar-refractivity contribution < 1.29 is 9.31 Å². The lowest BCUT2D eigenvalue weighted by Gasteiger charge is -2.36. The lowest BCUT2D eigenvalue weighted by molar-refractivity contribution is -0.384. The van der Waals surface area contributed by atoms with Gasteiger partial charge < -0.3 is 4.90 Å². The van der Waals surface area contributed by atoms with Crippen molar-refractivity contribution in [2.24, 2.45) is 0 Å². The number of para-hydroxylation sites is 1. The number of non-ortho nitro benzene ring substituents is 1. The van der Waals surface area contributed by atoms with Crippen LogP contribution in [0.2, 0.25) is 0 Å². The summed E-state index contributed by atoms with van der Waals surface area (Å²) in [6.07, 6.45) is 3.79. The molecule has 0 bridgehead atoms. The molecule has 1 aliphatic rings. The van der Waals surface area contributed by atoms with Crippen molar-refractivity contribution in [2.75, 3.05) is 37.6 Å². The van der Waals surface area contributed by atoms with Crippen LogP contribution in [0.1, 0.15) is 31.2 Å². The number of piperazine rings is 1. The number of nitro benzene ring substituents is 1. The van der Waals surface area contributed by atoms with Crippen LogP contribution in [0.4, 0.5) is 15.8 Å². The van der Waals surface area contributed by atoms with Gasteiger partial charge >= 0.3 is 0 Å². The summed E-state index contributed by atoms with van der Waals surface area (Å²) in [4.78, 5) is 15.1. The quantitative estimate of drug-likeness (QED) is 0.351. The van der Waals surface area contributed by atoms with Gasteiger partial charge in [0.2, 0.25) is 0 Å². The summed E-state index contributed by atoms with van der Waals surface area (Å²) in [5.74, 6) is -0.159. The first-order chi connectivity index (χ1) is 16.0. The molecule has 0 unspecified atom stereocenters. The number of rotatable bonds is 9. The van der Waals surface area contributed by atoms with E-state index in [1.54, 1.807) is 18.2 Å². The highest BCUT2D eigenvalue weighted by molar-refractivity contribution is 5.48. The molecular formula is C25H30FN5O2. The number of aryl methyl sites for hydroxylation is 2. The number of hydrogen-bond acceptors (Lipinski definition) is 5. The van der Waals surface area contributed by atoms with Gasteiger partial charge in [0, 0.05) is 44.0 Å². The summed E-state index contributed by atoms with van der Waals surface area (Å²) in [6.45, 7) is 6.57. The summed E-state index contributed by atoms with van der Waals surface area (Å²) in [5.41, 5.74) is 3.78. The summed E-state index contributed by atoms with van der Waals surface area (Å²) < 4.78 is 16.0. The Morgan fingerprint density at radius 2 is 1.76 bits per heavy atom. The Morgan fingerprint density at radius 3 is 2.42 bits per heavy atom. The molecule has 3 aromatic rings. The first kappa shape index (κ1) is 22.9. The van der Waals surface area contributed by atoms with Gasteiger partial charge in [0.1, 0.15) is 5.82 Å². The second kappa shape index (κ2) is 10.6. The van der Waals surface area contributed by atoms with E-state index in [1.165, 1.54) is 18.2 Å². The van der Waals surface area contributed by atoms with Gasteiger partial charge in [0.05, 0.1) is 22.0 Å². The highest BCUT2D eigenvalue weighted by Crippen LogP contribution is 2.21. The zero-order valence-electron chi connectivity index (χ0n) is 19.0. The van der Waals surface area contributed by atoms with Crippen LogP contribution in [0.15, 0.2) is 54.6 Å². The summed E-state index contributed by atoms with van der Waals surface area (Å²) in [7, 11) is 0. The molecule has 1 aromatic heterocycles. The van der Waals surface area contributed by atoms with Crippen molar-refractivity contribution in [1.82, 2.24) is 14.7 Å². The zero-order valence-corrected chi connectivity index (χ0v) is 19.0. The van der Waals surface area contributed by atoms with Crippen LogP contribution < -0.4 is 4.90 Å². The Bertz CT molecular complexity index is 1070. The molecule has 2 aromatic carbocycles. The van der Waals surface area contributed by atoms with Crippen molar-refractivity contribution in [3.63, 3.8) is 0 Å². The van der Waals surface area contributed by atoms with Crippen LogP contribution in [0.3, 0.4) is 0 Å². The Morgan fingerprint density at radius 1 is 1.03 bits per heavy atom. The highest BCUT2D eigenvalue weighted by Gasteiger charge is 2.19. The van der Waals surface area contributed by atoms with E-state index >= 15 is 0 Å². The number of nitrogens with zero attached hydrogens (tertiary/aromatic N) is 5. The molecule has 7 nitrogen and oxygen atoms in total. The SMILES string of the molecule is CCCc1cc(CCCN2CCN(c3ccccc3F)CC2)n(-c2ccc([N+](=O)[O-])cc2)n1. The molecule has 33 heavy (non-hydrogen) atoms. The largest absolute Gasteiger partial charge is 0.367 e. The van der Waals surface area contributed by atoms with E-state index in [1.807, 2.05) is 16.8 Å². The van der Waals surface area contributed by atoms with Crippen LogP contribution in [0.25, 0.3) is 5.69 Å². The maximum Gasteiger partial charge on any atom is 0.269 e. The molecule has 4 rings (SSSR count). The summed E-state index contributed by atoms with van der Waals surface area (Å²) in [6, 6.07) is 15.7. The average Bonchev–Trinajstić information content (AvgIpc) is 3.23. The van der Waals surface area contributed by atoms with E-state index in [0.717, 1.165) is 75.5 Å². The van der Waals surface area contributed by atoms with E-state index in [4.69, 9.17) is 5.10 Å². The predicted octanol–water partition coefficient (Wildman–Crippen LogP) is 4.63. The monoisotopic (exact) mass is 451 g/mol.